The lowest BCUT2D eigenvalue weighted by Crippen LogP contribution is -2.16. The lowest BCUT2D eigenvalue weighted by Gasteiger charge is -2.09. The molecule has 1 aromatic carbocycles. The minimum absolute atomic E-state index is 0.0232. The molecular weight excluding hydrogens is 277 g/mol. The fourth-order valence-electron chi connectivity index (χ4n) is 1.17. The molecule has 0 bridgehead atoms. The lowest BCUT2D eigenvalue weighted by molar-refractivity contribution is -0.138. The van der Waals surface area contributed by atoms with E-state index in [4.69, 9.17) is 11.6 Å². The van der Waals surface area contributed by atoms with Gasteiger partial charge >= 0.3 is 11.9 Å². The van der Waals surface area contributed by atoms with E-state index in [-0.39, 0.29) is 16.4 Å². The first-order valence-corrected chi connectivity index (χ1v) is 5.45. The Morgan fingerprint density at radius 2 is 2.00 bits per heavy atom. The van der Waals surface area contributed by atoms with Gasteiger partial charge in [0.15, 0.2) is 0 Å². The number of esters is 2. The van der Waals surface area contributed by atoms with E-state index < -0.39 is 17.8 Å². The highest BCUT2D eigenvalue weighted by molar-refractivity contribution is 6.30. The molecule has 1 rings (SSSR count). The number of ether oxygens (including phenoxy) is 2. The molecule has 0 aliphatic heterocycles. The molecule has 0 fully saturated rings. The summed E-state index contributed by atoms with van der Waals surface area (Å²) in [5.74, 6) is -2.28. The van der Waals surface area contributed by atoms with Crippen LogP contribution in [0.15, 0.2) is 30.0 Å². The van der Waals surface area contributed by atoms with Crippen molar-refractivity contribution in [2.75, 3.05) is 19.5 Å². The molecule has 0 aliphatic rings. The first-order valence-electron chi connectivity index (χ1n) is 5.08. The average molecular weight is 288 g/mol. The Kier molecular flexibility index (Phi) is 5.32. The lowest BCUT2D eigenvalue weighted by atomic mass is 10.3. The Labute approximate surface area is 114 Å². The SMILES string of the molecule is COC(=O)/C=C(/Nc1ccc(Cl)cc1F)C(=O)OC. The summed E-state index contributed by atoms with van der Waals surface area (Å²) in [7, 11) is 2.28. The van der Waals surface area contributed by atoms with Crippen LogP contribution < -0.4 is 5.32 Å². The second kappa shape index (κ2) is 6.75. The van der Waals surface area contributed by atoms with Crippen molar-refractivity contribution in [3.05, 3.63) is 40.8 Å². The molecule has 102 valence electrons. The monoisotopic (exact) mass is 287 g/mol. The number of hydrogen-bond acceptors (Lipinski definition) is 5. The third-order valence-electron chi connectivity index (χ3n) is 2.07. The van der Waals surface area contributed by atoms with Gasteiger partial charge in [-0.2, -0.15) is 0 Å². The van der Waals surface area contributed by atoms with Gasteiger partial charge < -0.3 is 14.8 Å². The molecule has 0 saturated carbocycles. The number of methoxy groups -OCH3 is 2. The van der Waals surface area contributed by atoms with Crippen molar-refractivity contribution in [1.82, 2.24) is 0 Å². The van der Waals surface area contributed by atoms with Crippen molar-refractivity contribution in [3.63, 3.8) is 0 Å². The molecule has 0 spiro atoms. The summed E-state index contributed by atoms with van der Waals surface area (Å²) < 4.78 is 22.4. The first-order chi connectivity index (χ1) is 8.97. The second-order valence-corrected chi connectivity index (χ2v) is 3.76. The molecule has 0 saturated heterocycles. The Morgan fingerprint density at radius 1 is 1.32 bits per heavy atom. The van der Waals surface area contributed by atoms with Crippen molar-refractivity contribution >= 4 is 29.2 Å². The normalized spacial score (nSPS) is 10.8. The molecule has 0 amide bonds. The topological polar surface area (TPSA) is 64.6 Å². The molecule has 0 radical (unpaired) electrons. The molecule has 0 aliphatic carbocycles. The summed E-state index contributed by atoms with van der Waals surface area (Å²) >= 11 is 5.60. The molecule has 7 heteroatoms. The van der Waals surface area contributed by atoms with Gasteiger partial charge in [0.25, 0.3) is 0 Å². The molecule has 0 aromatic heterocycles. The average Bonchev–Trinajstić information content (AvgIpc) is 2.39. The fourth-order valence-corrected chi connectivity index (χ4v) is 1.33. The maximum atomic E-state index is 13.6. The molecule has 1 N–H and O–H groups in total. The summed E-state index contributed by atoms with van der Waals surface area (Å²) in [4.78, 5) is 22.5. The van der Waals surface area contributed by atoms with Gasteiger partial charge in [0, 0.05) is 5.02 Å². The van der Waals surface area contributed by atoms with Crippen LogP contribution in [0.2, 0.25) is 5.02 Å². The highest BCUT2D eigenvalue weighted by Gasteiger charge is 2.14. The molecule has 5 nitrogen and oxygen atoms in total. The molecular formula is C12H11ClFNO4. The third kappa shape index (κ3) is 4.26. The summed E-state index contributed by atoms with van der Waals surface area (Å²) in [6.45, 7) is 0. The van der Waals surface area contributed by atoms with Crippen LogP contribution in [0.1, 0.15) is 0 Å². The van der Waals surface area contributed by atoms with Crippen LogP contribution in [-0.2, 0) is 19.1 Å². The van der Waals surface area contributed by atoms with Crippen LogP contribution in [-0.4, -0.2) is 26.2 Å². The molecule has 0 unspecified atom stereocenters. The number of anilines is 1. The van der Waals surface area contributed by atoms with Gasteiger partial charge in [0.05, 0.1) is 26.0 Å². The van der Waals surface area contributed by atoms with E-state index in [0.717, 1.165) is 26.4 Å². The number of carbonyl (C=O) groups is 2. The summed E-state index contributed by atoms with van der Waals surface area (Å²) in [6.07, 6.45) is 0.861. The van der Waals surface area contributed by atoms with Gasteiger partial charge in [0.2, 0.25) is 0 Å². The van der Waals surface area contributed by atoms with Gasteiger partial charge in [-0.1, -0.05) is 11.6 Å². The standard InChI is InChI=1S/C12H11ClFNO4/c1-18-11(16)6-10(12(17)19-2)15-9-4-3-7(13)5-8(9)14/h3-6,15H,1-2H3/b10-6+. The van der Waals surface area contributed by atoms with Crippen molar-refractivity contribution < 1.29 is 23.5 Å². The van der Waals surface area contributed by atoms with Crippen molar-refractivity contribution in [2.24, 2.45) is 0 Å². The molecule has 1 aromatic rings. The largest absolute Gasteiger partial charge is 0.466 e. The number of benzene rings is 1. The summed E-state index contributed by atoms with van der Waals surface area (Å²) in [5, 5.41) is 2.65. The number of nitrogens with one attached hydrogen (secondary N) is 1. The van der Waals surface area contributed by atoms with Gasteiger partial charge in [0.1, 0.15) is 11.5 Å². The predicted molar refractivity (Wildman–Crippen MR) is 67.1 cm³/mol. The van der Waals surface area contributed by atoms with Crippen LogP contribution >= 0.6 is 11.6 Å². The van der Waals surface area contributed by atoms with Crippen molar-refractivity contribution in [3.8, 4) is 0 Å². The van der Waals surface area contributed by atoms with E-state index in [2.05, 4.69) is 14.8 Å². The van der Waals surface area contributed by atoms with Gasteiger partial charge in [-0.15, -0.1) is 0 Å². The highest BCUT2D eigenvalue weighted by Crippen LogP contribution is 2.20. The minimum atomic E-state index is -0.834. The first kappa shape index (κ1) is 15.0. The number of halogens is 2. The zero-order chi connectivity index (χ0) is 14.4. The van der Waals surface area contributed by atoms with E-state index >= 15 is 0 Å². The Morgan fingerprint density at radius 3 is 2.53 bits per heavy atom. The number of hydrogen-bond donors (Lipinski definition) is 1. The second-order valence-electron chi connectivity index (χ2n) is 3.32. The van der Waals surface area contributed by atoms with Gasteiger partial charge in [-0.3, -0.25) is 0 Å². The quantitative estimate of drug-likeness (QED) is 0.679. The molecule has 19 heavy (non-hydrogen) atoms. The van der Waals surface area contributed by atoms with Crippen LogP contribution in [0.25, 0.3) is 0 Å². The highest BCUT2D eigenvalue weighted by atomic mass is 35.5. The van der Waals surface area contributed by atoms with Crippen LogP contribution in [0, 0.1) is 5.82 Å². The van der Waals surface area contributed by atoms with E-state index in [0.29, 0.717) is 0 Å². The number of carbonyl (C=O) groups excluding carboxylic acids is 2. The predicted octanol–water partition coefficient (Wildman–Crippen LogP) is 2.12. The Bertz CT molecular complexity index is 530. The summed E-state index contributed by atoms with van der Waals surface area (Å²) in [5.41, 5.74) is -0.277. The van der Waals surface area contributed by atoms with Crippen LogP contribution in [0.3, 0.4) is 0 Å². The van der Waals surface area contributed by atoms with Crippen molar-refractivity contribution in [1.29, 1.82) is 0 Å². The van der Waals surface area contributed by atoms with E-state index in [1.807, 2.05) is 0 Å². The van der Waals surface area contributed by atoms with Crippen LogP contribution in [0.4, 0.5) is 10.1 Å². The van der Waals surface area contributed by atoms with Crippen LogP contribution in [0.5, 0.6) is 0 Å². The third-order valence-corrected chi connectivity index (χ3v) is 2.30. The van der Waals surface area contributed by atoms with E-state index in [9.17, 15) is 14.0 Å². The van der Waals surface area contributed by atoms with Gasteiger partial charge in [-0.25, -0.2) is 14.0 Å². The minimum Gasteiger partial charge on any atom is -0.466 e. The Balaban J connectivity index is 3.04. The molecule has 0 atom stereocenters. The van der Waals surface area contributed by atoms with Crippen molar-refractivity contribution in [2.45, 2.75) is 0 Å². The molecule has 0 heterocycles. The van der Waals surface area contributed by atoms with E-state index in [1.54, 1.807) is 0 Å². The maximum absolute atomic E-state index is 13.6. The number of rotatable bonds is 4. The van der Waals surface area contributed by atoms with E-state index in [1.165, 1.54) is 12.1 Å². The zero-order valence-electron chi connectivity index (χ0n) is 10.2. The van der Waals surface area contributed by atoms with Gasteiger partial charge in [-0.05, 0) is 18.2 Å². The zero-order valence-corrected chi connectivity index (χ0v) is 11.0. The summed E-state index contributed by atoms with van der Waals surface area (Å²) in [6, 6.07) is 3.82. The maximum Gasteiger partial charge on any atom is 0.354 e. The smallest absolute Gasteiger partial charge is 0.354 e. The fraction of sp³-hybridized carbons (Fsp3) is 0.167. The Hall–Kier alpha value is -2.08.